The number of H-pyrrole nitrogens is 1. The summed E-state index contributed by atoms with van der Waals surface area (Å²) in [7, 11) is 2.22. The molecule has 1 aliphatic rings. The first-order valence-corrected chi connectivity index (χ1v) is 8.62. The van der Waals surface area contributed by atoms with Gasteiger partial charge in [-0.3, -0.25) is 9.80 Å². The van der Waals surface area contributed by atoms with Crippen molar-refractivity contribution in [3.05, 3.63) is 35.0 Å². The van der Waals surface area contributed by atoms with Crippen LogP contribution in [0.2, 0.25) is 0 Å². The number of aromatic nitrogens is 1. The summed E-state index contributed by atoms with van der Waals surface area (Å²) in [6.45, 7) is 12.6. The highest BCUT2D eigenvalue weighted by atomic mass is 16.5. The lowest BCUT2D eigenvalue weighted by Crippen LogP contribution is -2.46. The van der Waals surface area contributed by atoms with Crippen LogP contribution in [0.5, 0.6) is 0 Å². The van der Waals surface area contributed by atoms with E-state index in [1.54, 1.807) is 0 Å². The number of nitrogens with zero attached hydrogens (tertiary/aromatic N) is 2. The van der Waals surface area contributed by atoms with Gasteiger partial charge in [-0.05, 0) is 45.5 Å². The minimum Gasteiger partial charge on any atom is -0.379 e. The number of fused-ring (bicyclic) bond motifs is 1. The quantitative estimate of drug-likeness (QED) is 0.920. The average Bonchev–Trinajstić information content (AvgIpc) is 2.84. The molecule has 3 rings (SSSR count). The van der Waals surface area contributed by atoms with E-state index in [1.165, 1.54) is 27.7 Å². The van der Waals surface area contributed by atoms with E-state index in [1.807, 2.05) is 0 Å². The number of morpholine rings is 1. The molecule has 2 aromatic rings. The molecule has 1 aromatic carbocycles. The number of likely N-dealkylation sites (N-methyl/N-ethyl adjacent to an activating group) is 1. The fourth-order valence-corrected chi connectivity index (χ4v) is 3.57. The molecule has 0 spiro atoms. The molecule has 1 aromatic heterocycles. The first-order chi connectivity index (χ1) is 11.0. The monoisotopic (exact) mass is 315 g/mol. The Morgan fingerprint density at radius 1 is 1.26 bits per heavy atom. The van der Waals surface area contributed by atoms with Crippen molar-refractivity contribution in [1.82, 2.24) is 14.8 Å². The highest BCUT2D eigenvalue weighted by molar-refractivity contribution is 5.85. The van der Waals surface area contributed by atoms with Gasteiger partial charge in [0.15, 0.2) is 0 Å². The Labute approximate surface area is 139 Å². The van der Waals surface area contributed by atoms with E-state index in [4.69, 9.17) is 4.74 Å². The van der Waals surface area contributed by atoms with Crippen molar-refractivity contribution in [2.75, 3.05) is 39.9 Å². The third kappa shape index (κ3) is 3.77. The van der Waals surface area contributed by atoms with Gasteiger partial charge in [0.2, 0.25) is 0 Å². The maximum atomic E-state index is 5.45. The molecule has 4 heteroatoms. The zero-order valence-electron chi connectivity index (χ0n) is 14.9. The molecule has 1 N–H and O–H groups in total. The molecule has 126 valence electrons. The van der Waals surface area contributed by atoms with E-state index in [2.05, 4.69) is 60.8 Å². The summed E-state index contributed by atoms with van der Waals surface area (Å²) in [5.41, 5.74) is 5.29. The normalized spacial score (nSPS) is 18.0. The summed E-state index contributed by atoms with van der Waals surface area (Å²) in [6.07, 6.45) is 0. The fourth-order valence-electron chi connectivity index (χ4n) is 3.57. The van der Waals surface area contributed by atoms with Crippen LogP contribution in [0, 0.1) is 13.8 Å². The number of hydrogen-bond donors (Lipinski definition) is 1. The topological polar surface area (TPSA) is 31.5 Å². The van der Waals surface area contributed by atoms with Gasteiger partial charge < -0.3 is 9.72 Å². The molecule has 1 atom stereocenters. The summed E-state index contributed by atoms with van der Waals surface area (Å²) in [5.74, 6) is 0. The van der Waals surface area contributed by atoms with Gasteiger partial charge in [0, 0.05) is 48.8 Å². The molecule has 0 aliphatic carbocycles. The zero-order valence-corrected chi connectivity index (χ0v) is 14.9. The Hall–Kier alpha value is -1.36. The van der Waals surface area contributed by atoms with Crippen molar-refractivity contribution in [2.45, 2.75) is 33.4 Å². The molecule has 4 nitrogen and oxygen atoms in total. The van der Waals surface area contributed by atoms with Crippen LogP contribution in [-0.2, 0) is 11.3 Å². The van der Waals surface area contributed by atoms with Crippen LogP contribution in [0.4, 0.5) is 0 Å². The third-order valence-corrected chi connectivity index (χ3v) is 4.99. The molecule has 1 aliphatic heterocycles. The highest BCUT2D eigenvalue weighted by Gasteiger charge is 2.19. The average molecular weight is 315 g/mol. The number of nitrogens with one attached hydrogen (secondary N) is 1. The van der Waals surface area contributed by atoms with E-state index >= 15 is 0 Å². The van der Waals surface area contributed by atoms with Crippen molar-refractivity contribution >= 4 is 10.9 Å². The van der Waals surface area contributed by atoms with E-state index in [9.17, 15) is 0 Å². The van der Waals surface area contributed by atoms with Gasteiger partial charge in [-0.25, -0.2) is 0 Å². The van der Waals surface area contributed by atoms with Crippen molar-refractivity contribution in [3.63, 3.8) is 0 Å². The molecule has 0 radical (unpaired) electrons. The maximum Gasteiger partial charge on any atom is 0.0594 e. The maximum absolute atomic E-state index is 5.45. The van der Waals surface area contributed by atoms with E-state index < -0.39 is 0 Å². The lowest BCUT2D eigenvalue weighted by molar-refractivity contribution is 0.0136. The molecule has 1 fully saturated rings. The van der Waals surface area contributed by atoms with Gasteiger partial charge in [-0.1, -0.05) is 11.6 Å². The number of benzene rings is 1. The second-order valence-electron chi connectivity index (χ2n) is 6.97. The first kappa shape index (κ1) is 16.5. The summed E-state index contributed by atoms with van der Waals surface area (Å²) in [4.78, 5) is 8.55. The SMILES string of the molecule is Cc1ccc2[nH]c(CN(C)CC(C)N3CCOCC3)c(C)c2c1. The molecule has 1 saturated heterocycles. The van der Waals surface area contributed by atoms with Crippen molar-refractivity contribution in [2.24, 2.45) is 0 Å². The predicted octanol–water partition coefficient (Wildman–Crippen LogP) is 2.94. The summed E-state index contributed by atoms with van der Waals surface area (Å²) < 4.78 is 5.45. The van der Waals surface area contributed by atoms with Crippen LogP contribution in [-0.4, -0.2) is 60.7 Å². The van der Waals surface area contributed by atoms with Crippen LogP contribution in [0.1, 0.15) is 23.7 Å². The molecule has 0 saturated carbocycles. The second kappa shape index (κ2) is 7.04. The third-order valence-electron chi connectivity index (χ3n) is 4.99. The van der Waals surface area contributed by atoms with Crippen LogP contribution in [0.25, 0.3) is 10.9 Å². The Bertz CT molecular complexity index is 658. The molecule has 23 heavy (non-hydrogen) atoms. The van der Waals surface area contributed by atoms with Gasteiger partial charge in [0.05, 0.1) is 13.2 Å². The van der Waals surface area contributed by atoms with E-state index in [0.717, 1.165) is 39.4 Å². The van der Waals surface area contributed by atoms with Gasteiger partial charge in [0.25, 0.3) is 0 Å². The summed E-state index contributed by atoms with van der Waals surface area (Å²) >= 11 is 0. The molecule has 1 unspecified atom stereocenters. The van der Waals surface area contributed by atoms with Gasteiger partial charge in [-0.15, -0.1) is 0 Å². The van der Waals surface area contributed by atoms with E-state index in [0.29, 0.717) is 6.04 Å². The van der Waals surface area contributed by atoms with Crippen LogP contribution < -0.4 is 0 Å². The number of hydrogen-bond acceptors (Lipinski definition) is 3. The Morgan fingerprint density at radius 2 is 2.00 bits per heavy atom. The van der Waals surface area contributed by atoms with Gasteiger partial charge >= 0.3 is 0 Å². The molecule has 0 amide bonds. The van der Waals surface area contributed by atoms with Crippen LogP contribution >= 0.6 is 0 Å². The lowest BCUT2D eigenvalue weighted by Gasteiger charge is -2.34. The van der Waals surface area contributed by atoms with Gasteiger partial charge in [-0.2, -0.15) is 0 Å². The largest absolute Gasteiger partial charge is 0.379 e. The van der Waals surface area contributed by atoms with Crippen molar-refractivity contribution in [3.8, 4) is 0 Å². The van der Waals surface area contributed by atoms with Crippen LogP contribution in [0.3, 0.4) is 0 Å². The number of ether oxygens (including phenoxy) is 1. The lowest BCUT2D eigenvalue weighted by atomic mass is 10.1. The Kier molecular flexibility index (Phi) is 5.05. The fraction of sp³-hybridized carbons (Fsp3) is 0.579. The van der Waals surface area contributed by atoms with Gasteiger partial charge in [0.1, 0.15) is 0 Å². The summed E-state index contributed by atoms with van der Waals surface area (Å²) in [5, 5.41) is 1.36. The van der Waals surface area contributed by atoms with Crippen molar-refractivity contribution in [1.29, 1.82) is 0 Å². The molecule has 0 bridgehead atoms. The minimum atomic E-state index is 0.566. The van der Waals surface area contributed by atoms with Crippen molar-refractivity contribution < 1.29 is 4.74 Å². The Balaban J connectivity index is 1.65. The standard InChI is InChI=1S/C19H29N3O/c1-14-5-6-18-17(11-14)16(3)19(20-18)13-21(4)12-15(2)22-7-9-23-10-8-22/h5-6,11,15,20H,7-10,12-13H2,1-4H3. The molecular weight excluding hydrogens is 286 g/mol. The number of rotatable bonds is 5. The number of aromatic amines is 1. The second-order valence-corrected chi connectivity index (χ2v) is 6.97. The summed E-state index contributed by atoms with van der Waals surface area (Å²) in [6, 6.07) is 7.21. The molecule has 2 heterocycles. The Morgan fingerprint density at radius 3 is 2.74 bits per heavy atom. The zero-order chi connectivity index (χ0) is 16.4. The molecular formula is C19H29N3O. The first-order valence-electron chi connectivity index (χ1n) is 8.62. The van der Waals surface area contributed by atoms with E-state index in [-0.39, 0.29) is 0 Å². The minimum absolute atomic E-state index is 0.566. The smallest absolute Gasteiger partial charge is 0.0594 e. The van der Waals surface area contributed by atoms with Crippen LogP contribution in [0.15, 0.2) is 18.2 Å². The number of aryl methyl sites for hydroxylation is 2. The highest BCUT2D eigenvalue weighted by Crippen LogP contribution is 2.23. The predicted molar refractivity (Wildman–Crippen MR) is 96.0 cm³/mol.